The van der Waals surface area contributed by atoms with Crippen molar-refractivity contribution in [3.63, 3.8) is 0 Å². The minimum atomic E-state index is -3.03. The molecule has 0 unspecified atom stereocenters. The van der Waals surface area contributed by atoms with Crippen LogP contribution in [-0.4, -0.2) is 136 Å². The second kappa shape index (κ2) is 32.3. The van der Waals surface area contributed by atoms with E-state index in [1.54, 1.807) is 36.4 Å². The van der Waals surface area contributed by atoms with E-state index >= 15 is 0 Å². The summed E-state index contributed by atoms with van der Waals surface area (Å²) in [5, 5.41) is 14.0. The molecule has 30 nitrogen and oxygen atoms in total. The number of hydrogen-bond donors (Lipinski definition) is 12. The molecule has 6 atom stereocenters. The van der Waals surface area contributed by atoms with Crippen LogP contribution in [0, 0.1) is 0 Å². The van der Waals surface area contributed by atoms with Gasteiger partial charge in [-0.1, -0.05) is 75.8 Å². The molecule has 12 heterocycles. The molecule has 12 aliphatic heterocycles. The van der Waals surface area contributed by atoms with Gasteiger partial charge in [0.1, 0.15) is 36.1 Å². The van der Waals surface area contributed by atoms with Crippen LogP contribution in [0.4, 0.5) is 34.1 Å². The van der Waals surface area contributed by atoms with E-state index in [2.05, 4.69) is 71.4 Å². The highest BCUT2D eigenvalue weighted by atomic mass is 16.2. The van der Waals surface area contributed by atoms with Gasteiger partial charge >= 0.3 is 0 Å². The van der Waals surface area contributed by atoms with Crippen molar-refractivity contribution in [2.24, 2.45) is 0 Å². The SMILES string of the molecule is [2H]C1([2H])c2c(N)cccc2C(=O)N1[C@@]1([2H])C(=O)NC(=C)CC1([2H])[2H].[2H]C1([2H])c2c(N)cccc2C(=O)N1[C@]1([2H])C(=O)NC(=C)CC1([2H])[2H].[2H][C@@]1(N2Cc3c(N)cccc3C2=O)CCC(=C)NC1=O.[2H][C@]1(N2Cc3c(N)cccc3C2=O)CCC(=C)NC1=O.[2H]c1c([2H])c(N)c2c(c1[2H])C(=O)N([C@@]1([2H])C(=O)NC(=C)CC1([2H])[2H])C2([2H])[2H].[2H]c1c([2H])c(N)c2c(c1[2H])C(=O)N([C@]1([2H])C(=O)NC(=C)CC1([2H])[2H])C2([2H])[2H]. The molecule has 6 saturated heterocycles. The van der Waals surface area contributed by atoms with Crippen LogP contribution in [0.2, 0.25) is 0 Å². The Morgan fingerprint density at radius 3 is 0.781 bits per heavy atom. The standard InChI is InChI=1S/6C14H15N3O2/c6*1-8-5-6-12(13(18)16-8)17-7-10-9(14(17)19)3-2-4-11(10)15/h6*2-4,12H,1,5-7,15H2,(H,16,18)/t6*12-/m111000/s1/i2D,3D,4D,6D2,7D2,12D;6D2,7D2,12D;12D;2D,3D,4D,6D2,7D2,12D;6D2,7D2,12D;12D. The average molecular weight is 1570 g/mol. The fourth-order valence-electron chi connectivity index (χ4n) is 12.8. The molecule has 18 N–H and O–H groups in total. The van der Waals surface area contributed by atoms with Crippen LogP contribution in [0.1, 0.15) is 211 Å². The number of rotatable bonds is 6. The van der Waals surface area contributed by atoms with E-state index in [4.69, 9.17) is 72.8 Å². The normalized spacial score (nSPS) is 33.4. The summed E-state index contributed by atoms with van der Waals surface area (Å²) in [6, 6.07) is -0.555. The molecule has 588 valence electrons. The molecule has 0 aromatic heterocycles. The average Bonchev–Trinajstić information content (AvgIpc) is 1.47. The predicted octanol–water partition coefficient (Wildman–Crippen LogP) is 6.10. The lowest BCUT2D eigenvalue weighted by Crippen LogP contribution is -2.49. The Morgan fingerprint density at radius 1 is 0.298 bits per heavy atom. The van der Waals surface area contributed by atoms with Gasteiger partial charge in [0.15, 0.2) is 0 Å². The van der Waals surface area contributed by atoms with Crippen molar-refractivity contribution in [3.8, 4) is 0 Å². The molecule has 0 saturated carbocycles. The lowest BCUT2D eigenvalue weighted by molar-refractivity contribution is -0.127. The van der Waals surface area contributed by atoms with Crippen molar-refractivity contribution in [1.29, 1.82) is 0 Å². The maximum absolute atomic E-state index is 12.9. The highest BCUT2D eigenvalue weighted by Crippen LogP contribution is 2.38. The van der Waals surface area contributed by atoms with Gasteiger partial charge < -0.3 is 95.7 Å². The van der Waals surface area contributed by atoms with Crippen molar-refractivity contribution >= 4 is 105 Å². The summed E-state index contributed by atoms with van der Waals surface area (Å²) in [4.78, 5) is 154. The zero-order chi connectivity index (χ0) is 107. The topological polar surface area (TPSA) is 453 Å². The molecule has 30 heteroatoms. The first-order valence-electron chi connectivity index (χ1n) is 48.4. The molecule has 6 fully saturated rings. The number of hydrogen-bond acceptors (Lipinski definition) is 18. The molecule has 12 amide bonds. The van der Waals surface area contributed by atoms with Gasteiger partial charge in [-0.2, -0.15) is 0 Å². The van der Waals surface area contributed by atoms with E-state index in [9.17, 15) is 57.5 Å². The Bertz CT molecular complexity index is 6380. The maximum Gasteiger partial charge on any atom is 0.255 e. The molecule has 6 aromatic carbocycles. The summed E-state index contributed by atoms with van der Waals surface area (Å²) in [6.07, 6.45) is -10.9. The van der Waals surface area contributed by atoms with Gasteiger partial charge in [-0.25, -0.2) is 0 Å². The number of nitrogens with two attached hydrogens (primary N) is 6. The van der Waals surface area contributed by atoms with Crippen molar-refractivity contribution in [1.82, 2.24) is 61.3 Å². The Balaban J connectivity index is 0.000000144. The monoisotopic (exact) mass is 1570 g/mol. The number of nitrogens with zero attached hydrogens (tertiary/aromatic N) is 6. The quantitative estimate of drug-likeness (QED) is 0.0838. The lowest BCUT2D eigenvalue weighted by Gasteiger charge is -2.30. The Hall–Kier alpha value is -13.8. The summed E-state index contributed by atoms with van der Waals surface area (Å²) < 4.78 is 229. The number of nitrogen functional groups attached to an aromatic ring is 6. The summed E-state index contributed by atoms with van der Waals surface area (Å²) in [7, 11) is 0. The third kappa shape index (κ3) is 15.6. The number of anilines is 6. The minimum absolute atomic E-state index is 0.00172. The molecule has 0 aliphatic carbocycles. The molecule has 114 heavy (non-hydrogen) atoms. The van der Waals surface area contributed by atoms with E-state index in [-0.39, 0.29) is 104 Å². The third-order valence-corrected chi connectivity index (χ3v) is 18.5. The molecule has 18 rings (SSSR count). The lowest BCUT2D eigenvalue weighted by atomic mass is 10.0. The molecule has 0 radical (unpaired) electrons. The number of fused-ring (bicyclic) bond motifs is 6. The van der Waals surface area contributed by atoms with Crippen LogP contribution >= 0.6 is 0 Å². The number of benzene rings is 6. The van der Waals surface area contributed by atoms with Gasteiger partial charge in [0.2, 0.25) is 35.4 Å². The number of amides is 12. The number of nitrogens with one attached hydrogen (secondary N) is 6. The van der Waals surface area contributed by atoms with Crippen molar-refractivity contribution in [2.45, 2.75) is 152 Å². The van der Waals surface area contributed by atoms with Crippen LogP contribution in [0.3, 0.4) is 0 Å². The molecular formula is C84H90N18O12. The van der Waals surface area contributed by atoms with Crippen LogP contribution < -0.4 is 66.3 Å². The van der Waals surface area contributed by atoms with Crippen molar-refractivity contribution in [3.05, 3.63) is 249 Å². The number of allylic oxidation sites excluding steroid dienone is 6. The van der Waals surface area contributed by atoms with Crippen molar-refractivity contribution in [2.75, 3.05) is 34.4 Å². The molecule has 12 aliphatic rings. The summed E-state index contributed by atoms with van der Waals surface area (Å²) in [5.41, 5.74) is 35.2. The smallest absolute Gasteiger partial charge is 0.255 e. The summed E-state index contributed by atoms with van der Waals surface area (Å²) in [5.74, 6) is -11.1. The summed E-state index contributed by atoms with van der Waals surface area (Å²) >= 11 is 0. The Labute approximate surface area is 696 Å². The first kappa shape index (κ1) is 50.2. The van der Waals surface area contributed by atoms with Gasteiger partial charge in [-0.15, -0.1) is 0 Å². The highest BCUT2D eigenvalue weighted by molar-refractivity contribution is 6.07. The van der Waals surface area contributed by atoms with E-state index < -0.39 is 242 Å². The van der Waals surface area contributed by atoms with Crippen LogP contribution in [0.5, 0.6) is 0 Å². The van der Waals surface area contributed by atoms with Gasteiger partial charge in [0.05, 0.1) is 27.4 Å². The fraction of sp³-hybridized carbons (Fsp3) is 0.286. The predicted molar refractivity (Wildman–Crippen MR) is 426 cm³/mol. The van der Waals surface area contributed by atoms with Gasteiger partial charge in [0.25, 0.3) is 35.4 Å². The molecule has 6 aromatic rings. The first-order valence-corrected chi connectivity index (χ1v) is 34.4. The zero-order valence-corrected chi connectivity index (χ0v) is 60.3. The highest BCUT2D eigenvalue weighted by Gasteiger charge is 2.45. The Morgan fingerprint density at radius 2 is 0.526 bits per heavy atom. The van der Waals surface area contributed by atoms with Gasteiger partial charge in [-0.3, -0.25) is 57.5 Å². The largest absolute Gasteiger partial charge is 0.398 e. The summed E-state index contributed by atoms with van der Waals surface area (Å²) in [6.45, 7) is 10.5. The second-order valence-electron chi connectivity index (χ2n) is 26.2. The third-order valence-electron chi connectivity index (χ3n) is 18.5. The maximum atomic E-state index is 12.9. The molecule has 0 spiro atoms. The van der Waals surface area contributed by atoms with Crippen molar-refractivity contribution < 1.29 is 95.9 Å². The first-order chi connectivity index (χ1) is 65.1. The Kier molecular flexibility index (Phi) is 14.2. The molecular weight excluding hydrogens is 1450 g/mol. The van der Waals surface area contributed by atoms with E-state index in [1.807, 2.05) is 0 Å². The van der Waals surface area contributed by atoms with E-state index in [0.717, 1.165) is 0 Å². The number of piperidine rings is 6. The van der Waals surface area contributed by atoms with Gasteiger partial charge in [0, 0.05) is 185 Å². The fourth-order valence-corrected chi connectivity index (χ4v) is 12.8. The van der Waals surface area contributed by atoms with Gasteiger partial charge in [-0.05, 0) is 150 Å². The van der Waals surface area contributed by atoms with E-state index in [1.165, 1.54) is 46.2 Å². The molecule has 0 bridgehead atoms. The van der Waals surface area contributed by atoms with Crippen LogP contribution in [0.25, 0.3) is 0 Å². The number of carbonyl (C=O) groups excluding carboxylic acids is 12. The minimum Gasteiger partial charge on any atom is -0.398 e. The van der Waals surface area contributed by atoms with E-state index in [0.29, 0.717) is 67.7 Å². The van der Waals surface area contributed by atoms with Crippen LogP contribution in [-0.2, 0) is 67.8 Å². The number of carbonyl (C=O) groups is 12. The zero-order valence-electron chi connectivity index (χ0n) is 88.3. The van der Waals surface area contributed by atoms with Crippen LogP contribution in [0.15, 0.2) is 183 Å². The second-order valence-corrected chi connectivity index (χ2v) is 26.2.